The van der Waals surface area contributed by atoms with Gasteiger partial charge in [-0.05, 0) is 18.4 Å². The van der Waals surface area contributed by atoms with E-state index in [1.54, 1.807) is 26.0 Å². The van der Waals surface area contributed by atoms with Crippen molar-refractivity contribution in [1.82, 2.24) is 0 Å². The van der Waals surface area contributed by atoms with Gasteiger partial charge in [0.25, 0.3) is 0 Å². The Morgan fingerprint density at radius 2 is 1.70 bits per heavy atom. The second-order valence-corrected chi connectivity index (χ2v) is 5.12. The molecule has 0 spiro atoms. The van der Waals surface area contributed by atoms with Crippen LogP contribution in [0.15, 0.2) is 34.7 Å². The van der Waals surface area contributed by atoms with Crippen LogP contribution >= 0.6 is 11.8 Å². The SMILES string of the molecule is COc1cc(NCc2ccc(CSC)o2)cc(OC)c1. The molecule has 0 bridgehead atoms. The fourth-order valence-electron chi connectivity index (χ4n) is 1.84. The number of methoxy groups -OCH3 is 2. The summed E-state index contributed by atoms with van der Waals surface area (Å²) in [6, 6.07) is 9.70. The topological polar surface area (TPSA) is 43.6 Å². The Kier molecular flexibility index (Phi) is 5.24. The maximum Gasteiger partial charge on any atom is 0.124 e. The highest BCUT2D eigenvalue weighted by Gasteiger charge is 2.04. The Morgan fingerprint density at radius 1 is 1.05 bits per heavy atom. The van der Waals surface area contributed by atoms with Crippen molar-refractivity contribution in [1.29, 1.82) is 0 Å². The van der Waals surface area contributed by atoms with E-state index in [0.29, 0.717) is 6.54 Å². The summed E-state index contributed by atoms with van der Waals surface area (Å²) in [5, 5.41) is 3.31. The summed E-state index contributed by atoms with van der Waals surface area (Å²) in [6.07, 6.45) is 2.06. The predicted octanol–water partition coefficient (Wildman–Crippen LogP) is 3.77. The fraction of sp³-hybridized carbons (Fsp3) is 0.333. The quantitative estimate of drug-likeness (QED) is 0.841. The first-order chi connectivity index (χ1) is 9.75. The van der Waals surface area contributed by atoms with Gasteiger partial charge in [-0.25, -0.2) is 0 Å². The maximum absolute atomic E-state index is 5.71. The molecule has 0 saturated heterocycles. The summed E-state index contributed by atoms with van der Waals surface area (Å²) in [7, 11) is 3.28. The lowest BCUT2D eigenvalue weighted by Crippen LogP contribution is -1.99. The summed E-state index contributed by atoms with van der Waals surface area (Å²) in [5.41, 5.74) is 0.934. The normalized spacial score (nSPS) is 10.3. The highest BCUT2D eigenvalue weighted by molar-refractivity contribution is 7.97. The van der Waals surface area contributed by atoms with Crippen LogP contribution in [0.25, 0.3) is 0 Å². The van der Waals surface area contributed by atoms with Crippen LogP contribution in [-0.4, -0.2) is 20.5 Å². The Hall–Kier alpha value is -1.75. The van der Waals surface area contributed by atoms with Crippen molar-refractivity contribution < 1.29 is 13.9 Å². The molecule has 0 amide bonds. The lowest BCUT2D eigenvalue weighted by atomic mass is 10.2. The van der Waals surface area contributed by atoms with Gasteiger partial charge in [-0.3, -0.25) is 0 Å². The van der Waals surface area contributed by atoms with E-state index >= 15 is 0 Å². The van der Waals surface area contributed by atoms with E-state index < -0.39 is 0 Å². The number of furan rings is 1. The summed E-state index contributed by atoms with van der Waals surface area (Å²) < 4.78 is 16.2. The van der Waals surface area contributed by atoms with Gasteiger partial charge in [0.05, 0.1) is 26.5 Å². The Balaban J connectivity index is 2.02. The van der Waals surface area contributed by atoms with Crippen molar-refractivity contribution in [2.24, 2.45) is 0 Å². The van der Waals surface area contributed by atoms with Crippen molar-refractivity contribution in [2.75, 3.05) is 25.8 Å². The van der Waals surface area contributed by atoms with Crippen molar-refractivity contribution in [2.45, 2.75) is 12.3 Å². The van der Waals surface area contributed by atoms with Gasteiger partial charge in [-0.1, -0.05) is 0 Å². The highest BCUT2D eigenvalue weighted by Crippen LogP contribution is 2.26. The standard InChI is InChI=1S/C15H19NO3S/c1-17-14-6-11(7-15(8-14)18-2)16-9-12-4-5-13(19-12)10-20-3/h4-8,16H,9-10H2,1-3H3. The Morgan fingerprint density at radius 3 is 2.30 bits per heavy atom. The molecule has 1 aromatic carbocycles. The summed E-state index contributed by atoms with van der Waals surface area (Å²) in [4.78, 5) is 0. The van der Waals surface area contributed by atoms with Crippen LogP contribution in [0.2, 0.25) is 0 Å². The van der Waals surface area contributed by atoms with Crippen LogP contribution in [0.3, 0.4) is 0 Å². The molecule has 0 aliphatic heterocycles. The van der Waals surface area contributed by atoms with Crippen LogP contribution < -0.4 is 14.8 Å². The van der Waals surface area contributed by atoms with Crippen molar-refractivity contribution >= 4 is 17.4 Å². The second kappa shape index (κ2) is 7.14. The largest absolute Gasteiger partial charge is 0.497 e. The molecule has 20 heavy (non-hydrogen) atoms. The van der Waals surface area contributed by atoms with Crippen LogP contribution in [-0.2, 0) is 12.3 Å². The number of thioether (sulfide) groups is 1. The Labute approximate surface area is 123 Å². The Bertz CT molecular complexity index is 532. The van der Waals surface area contributed by atoms with Gasteiger partial charge < -0.3 is 19.2 Å². The zero-order valence-corrected chi connectivity index (χ0v) is 12.8. The van der Waals surface area contributed by atoms with Gasteiger partial charge in [-0.15, -0.1) is 0 Å². The molecule has 2 aromatic rings. The number of benzene rings is 1. The number of hydrogen-bond acceptors (Lipinski definition) is 5. The van der Waals surface area contributed by atoms with Crippen LogP contribution in [0.5, 0.6) is 11.5 Å². The minimum atomic E-state index is 0.630. The second-order valence-electron chi connectivity index (χ2n) is 4.26. The number of nitrogens with one attached hydrogen (secondary N) is 1. The van der Waals surface area contributed by atoms with E-state index in [-0.39, 0.29) is 0 Å². The molecule has 1 N–H and O–H groups in total. The molecule has 0 unspecified atom stereocenters. The summed E-state index contributed by atoms with van der Waals surface area (Å²) in [6.45, 7) is 0.630. The van der Waals surface area contributed by atoms with Crippen molar-refractivity contribution in [3.05, 3.63) is 41.9 Å². The minimum absolute atomic E-state index is 0.630. The molecule has 0 saturated carbocycles. The summed E-state index contributed by atoms with van der Waals surface area (Å²) >= 11 is 1.75. The minimum Gasteiger partial charge on any atom is -0.497 e. The molecule has 0 aliphatic rings. The fourth-order valence-corrected chi connectivity index (χ4v) is 2.28. The monoisotopic (exact) mass is 293 g/mol. The van der Waals surface area contributed by atoms with Gasteiger partial charge in [0.15, 0.2) is 0 Å². The summed E-state index contributed by atoms with van der Waals surface area (Å²) in [5.74, 6) is 4.32. The van der Waals surface area contributed by atoms with E-state index in [2.05, 4.69) is 11.6 Å². The third kappa shape index (κ3) is 3.87. The average Bonchev–Trinajstić information content (AvgIpc) is 2.93. The molecule has 0 fully saturated rings. The first-order valence-electron chi connectivity index (χ1n) is 6.28. The van der Waals surface area contributed by atoms with Crippen LogP contribution in [0.1, 0.15) is 11.5 Å². The molecule has 0 aliphatic carbocycles. The molecule has 108 valence electrons. The molecule has 1 aromatic heterocycles. The van der Waals surface area contributed by atoms with E-state index in [0.717, 1.165) is 34.5 Å². The van der Waals surface area contributed by atoms with E-state index in [4.69, 9.17) is 13.9 Å². The third-order valence-corrected chi connectivity index (χ3v) is 3.40. The molecular formula is C15H19NO3S. The van der Waals surface area contributed by atoms with Crippen LogP contribution in [0.4, 0.5) is 5.69 Å². The van der Waals surface area contributed by atoms with Crippen molar-refractivity contribution in [3.63, 3.8) is 0 Å². The number of hydrogen-bond donors (Lipinski definition) is 1. The van der Waals surface area contributed by atoms with Crippen LogP contribution in [0, 0.1) is 0 Å². The number of anilines is 1. The van der Waals surface area contributed by atoms with Gasteiger partial charge in [0.2, 0.25) is 0 Å². The van der Waals surface area contributed by atoms with E-state index in [1.165, 1.54) is 0 Å². The number of ether oxygens (including phenoxy) is 2. The molecule has 5 heteroatoms. The molecular weight excluding hydrogens is 274 g/mol. The zero-order valence-electron chi connectivity index (χ0n) is 11.9. The van der Waals surface area contributed by atoms with E-state index in [9.17, 15) is 0 Å². The highest BCUT2D eigenvalue weighted by atomic mass is 32.2. The molecule has 4 nitrogen and oxygen atoms in total. The van der Waals surface area contributed by atoms with Gasteiger partial charge >= 0.3 is 0 Å². The van der Waals surface area contributed by atoms with Gasteiger partial charge in [0.1, 0.15) is 23.0 Å². The molecule has 2 rings (SSSR count). The first kappa shape index (κ1) is 14.7. The average molecular weight is 293 g/mol. The third-order valence-electron chi connectivity index (χ3n) is 2.82. The van der Waals surface area contributed by atoms with Gasteiger partial charge in [-0.2, -0.15) is 11.8 Å². The molecule has 1 heterocycles. The zero-order chi connectivity index (χ0) is 14.4. The number of rotatable bonds is 7. The maximum atomic E-state index is 5.71. The first-order valence-corrected chi connectivity index (χ1v) is 7.68. The van der Waals surface area contributed by atoms with Gasteiger partial charge in [0, 0.05) is 23.9 Å². The predicted molar refractivity (Wildman–Crippen MR) is 82.8 cm³/mol. The molecule has 0 atom stereocenters. The smallest absolute Gasteiger partial charge is 0.124 e. The lowest BCUT2D eigenvalue weighted by molar-refractivity contribution is 0.394. The lowest BCUT2D eigenvalue weighted by Gasteiger charge is -2.09. The van der Waals surface area contributed by atoms with Crippen molar-refractivity contribution in [3.8, 4) is 11.5 Å². The van der Waals surface area contributed by atoms with E-state index in [1.807, 2.05) is 30.3 Å². The molecule has 0 radical (unpaired) electrons.